The highest BCUT2D eigenvalue weighted by Crippen LogP contribution is 2.32. The Labute approximate surface area is 90.1 Å². The number of rotatable bonds is 3. The Hall–Kier alpha value is -0.840. The number of hydrogen-bond acceptors (Lipinski definition) is 2. The number of halogens is 1. The van der Waals surface area contributed by atoms with Crippen LogP contribution < -0.4 is 0 Å². The summed E-state index contributed by atoms with van der Waals surface area (Å²) in [5, 5.41) is 9.01. The van der Waals surface area contributed by atoms with Crippen molar-refractivity contribution in [1.82, 2.24) is 9.55 Å². The van der Waals surface area contributed by atoms with Gasteiger partial charge in [0.05, 0.1) is 5.69 Å². The molecule has 0 amide bonds. The number of aromatic carboxylic acids is 1. The fourth-order valence-electron chi connectivity index (χ4n) is 1.53. The van der Waals surface area contributed by atoms with E-state index in [2.05, 4.69) is 20.9 Å². The van der Waals surface area contributed by atoms with Crippen LogP contribution in [0, 0.1) is 12.8 Å². The van der Waals surface area contributed by atoms with E-state index in [1.165, 1.54) is 12.8 Å². The first-order chi connectivity index (χ1) is 6.59. The smallest absolute Gasteiger partial charge is 0.354 e. The molecule has 5 heteroatoms. The topological polar surface area (TPSA) is 55.1 Å². The standard InChI is InChI=1S/C9H11BrN2O2/c1-5-7(8(13)14)12(9(10)11-5)4-6-2-3-6/h6H,2-4H2,1H3,(H,13,14). The van der Waals surface area contributed by atoms with Crippen LogP contribution >= 0.6 is 15.9 Å². The van der Waals surface area contributed by atoms with Crippen molar-refractivity contribution >= 4 is 21.9 Å². The van der Waals surface area contributed by atoms with Crippen molar-refractivity contribution in [2.45, 2.75) is 26.3 Å². The number of carboxylic acid groups (broad SMARTS) is 1. The molecule has 0 bridgehead atoms. The fraction of sp³-hybridized carbons (Fsp3) is 0.556. The highest BCUT2D eigenvalue weighted by atomic mass is 79.9. The largest absolute Gasteiger partial charge is 0.477 e. The van der Waals surface area contributed by atoms with Crippen molar-refractivity contribution in [1.29, 1.82) is 0 Å². The first-order valence-corrected chi connectivity index (χ1v) is 5.35. The predicted octanol–water partition coefficient (Wildman–Crippen LogP) is 2.06. The van der Waals surface area contributed by atoms with E-state index in [0.29, 0.717) is 22.0 Å². The molecule has 1 aliphatic rings. The molecule has 0 radical (unpaired) electrons. The number of hydrogen-bond donors (Lipinski definition) is 1. The van der Waals surface area contributed by atoms with Gasteiger partial charge in [-0.25, -0.2) is 9.78 Å². The van der Waals surface area contributed by atoms with Gasteiger partial charge in [-0.05, 0) is 41.6 Å². The molecule has 1 N–H and O–H groups in total. The van der Waals surface area contributed by atoms with Gasteiger partial charge in [-0.15, -0.1) is 0 Å². The van der Waals surface area contributed by atoms with Gasteiger partial charge in [0.15, 0.2) is 10.4 Å². The van der Waals surface area contributed by atoms with E-state index in [1.807, 2.05) is 0 Å². The van der Waals surface area contributed by atoms with Crippen molar-refractivity contribution in [2.75, 3.05) is 0 Å². The lowest BCUT2D eigenvalue weighted by Gasteiger charge is -2.05. The van der Waals surface area contributed by atoms with Gasteiger partial charge in [0.2, 0.25) is 0 Å². The molecule has 14 heavy (non-hydrogen) atoms. The molecule has 1 aliphatic carbocycles. The molecule has 76 valence electrons. The van der Waals surface area contributed by atoms with Crippen LogP contribution in [-0.4, -0.2) is 20.6 Å². The van der Waals surface area contributed by atoms with Crippen molar-refractivity contribution in [3.05, 3.63) is 16.1 Å². The summed E-state index contributed by atoms with van der Waals surface area (Å²) in [6.45, 7) is 2.49. The van der Waals surface area contributed by atoms with E-state index in [-0.39, 0.29) is 0 Å². The molecular formula is C9H11BrN2O2. The fourth-order valence-corrected chi connectivity index (χ4v) is 2.12. The lowest BCUT2D eigenvalue weighted by molar-refractivity contribution is 0.0683. The summed E-state index contributed by atoms with van der Waals surface area (Å²) < 4.78 is 2.37. The van der Waals surface area contributed by atoms with E-state index in [9.17, 15) is 4.79 Å². The van der Waals surface area contributed by atoms with Crippen LogP contribution in [0.4, 0.5) is 0 Å². The van der Waals surface area contributed by atoms with Crippen LogP contribution in [0.5, 0.6) is 0 Å². The van der Waals surface area contributed by atoms with Crippen LogP contribution in [0.25, 0.3) is 0 Å². The molecule has 0 aliphatic heterocycles. The van der Waals surface area contributed by atoms with Gasteiger partial charge in [0.25, 0.3) is 0 Å². The Balaban J connectivity index is 2.38. The second-order valence-electron chi connectivity index (χ2n) is 3.67. The molecule has 0 unspecified atom stereocenters. The minimum Gasteiger partial charge on any atom is -0.477 e. The number of aromatic nitrogens is 2. The average Bonchev–Trinajstić information content (AvgIpc) is 2.80. The maximum atomic E-state index is 11.0. The van der Waals surface area contributed by atoms with Gasteiger partial charge in [0, 0.05) is 6.54 Å². The third-order valence-electron chi connectivity index (χ3n) is 2.44. The number of imidazole rings is 1. The predicted molar refractivity (Wildman–Crippen MR) is 54.3 cm³/mol. The molecule has 1 aromatic heterocycles. The highest BCUT2D eigenvalue weighted by Gasteiger charge is 2.26. The van der Waals surface area contributed by atoms with Gasteiger partial charge < -0.3 is 9.67 Å². The van der Waals surface area contributed by atoms with Crippen LogP contribution in [-0.2, 0) is 6.54 Å². The Bertz CT molecular complexity index is 382. The van der Waals surface area contributed by atoms with Gasteiger partial charge in [0.1, 0.15) is 0 Å². The number of carboxylic acids is 1. The first kappa shape index (κ1) is 9.71. The zero-order valence-corrected chi connectivity index (χ0v) is 9.41. The summed E-state index contributed by atoms with van der Waals surface area (Å²) in [7, 11) is 0. The molecule has 2 rings (SSSR count). The lowest BCUT2D eigenvalue weighted by atomic mass is 10.3. The summed E-state index contributed by atoms with van der Waals surface area (Å²) in [5.74, 6) is -0.264. The first-order valence-electron chi connectivity index (χ1n) is 4.55. The molecule has 1 aromatic rings. The van der Waals surface area contributed by atoms with Crippen LogP contribution in [0.3, 0.4) is 0 Å². The van der Waals surface area contributed by atoms with E-state index in [4.69, 9.17) is 5.11 Å². The van der Waals surface area contributed by atoms with Crippen LogP contribution in [0.1, 0.15) is 29.0 Å². The maximum absolute atomic E-state index is 11.0. The summed E-state index contributed by atoms with van der Waals surface area (Å²) in [4.78, 5) is 15.1. The minimum atomic E-state index is -0.902. The van der Waals surface area contributed by atoms with Crippen molar-refractivity contribution in [3.8, 4) is 0 Å². The third-order valence-corrected chi connectivity index (χ3v) is 3.04. The zero-order chi connectivity index (χ0) is 10.3. The molecule has 0 aromatic carbocycles. The molecule has 0 spiro atoms. The number of nitrogens with zero attached hydrogens (tertiary/aromatic N) is 2. The van der Waals surface area contributed by atoms with Crippen molar-refractivity contribution in [2.24, 2.45) is 5.92 Å². The van der Waals surface area contributed by atoms with Crippen LogP contribution in [0.2, 0.25) is 0 Å². The maximum Gasteiger partial charge on any atom is 0.354 e. The van der Waals surface area contributed by atoms with Gasteiger partial charge in [-0.1, -0.05) is 0 Å². The monoisotopic (exact) mass is 258 g/mol. The Morgan fingerprint density at radius 1 is 1.71 bits per heavy atom. The van der Waals surface area contributed by atoms with E-state index in [0.717, 1.165) is 6.54 Å². The SMILES string of the molecule is Cc1nc(Br)n(CC2CC2)c1C(=O)O. The van der Waals surface area contributed by atoms with Gasteiger partial charge >= 0.3 is 5.97 Å². The highest BCUT2D eigenvalue weighted by molar-refractivity contribution is 9.10. The Morgan fingerprint density at radius 3 is 2.86 bits per heavy atom. The Kier molecular flexibility index (Phi) is 2.34. The van der Waals surface area contributed by atoms with Crippen molar-refractivity contribution < 1.29 is 9.90 Å². The zero-order valence-electron chi connectivity index (χ0n) is 7.83. The number of aryl methyl sites for hydroxylation is 1. The summed E-state index contributed by atoms with van der Waals surface area (Å²) in [6.07, 6.45) is 2.39. The summed E-state index contributed by atoms with van der Waals surface area (Å²) in [6, 6.07) is 0. The van der Waals surface area contributed by atoms with E-state index < -0.39 is 5.97 Å². The Morgan fingerprint density at radius 2 is 2.36 bits per heavy atom. The van der Waals surface area contributed by atoms with Crippen LogP contribution in [0.15, 0.2) is 4.73 Å². The molecule has 4 nitrogen and oxygen atoms in total. The molecule has 0 saturated heterocycles. The molecule has 0 atom stereocenters. The van der Waals surface area contributed by atoms with Gasteiger partial charge in [-0.3, -0.25) is 0 Å². The molecule has 1 saturated carbocycles. The van der Waals surface area contributed by atoms with Crippen molar-refractivity contribution in [3.63, 3.8) is 0 Å². The van der Waals surface area contributed by atoms with Gasteiger partial charge in [-0.2, -0.15) is 0 Å². The minimum absolute atomic E-state index is 0.309. The summed E-state index contributed by atoms with van der Waals surface area (Å²) >= 11 is 3.28. The lowest BCUT2D eigenvalue weighted by Crippen LogP contribution is -2.11. The molecular weight excluding hydrogens is 248 g/mol. The normalized spacial score (nSPS) is 15.9. The molecule has 1 fully saturated rings. The second kappa shape index (κ2) is 3.38. The van der Waals surface area contributed by atoms with E-state index >= 15 is 0 Å². The van der Waals surface area contributed by atoms with E-state index in [1.54, 1.807) is 11.5 Å². The molecule has 1 heterocycles. The average molecular weight is 259 g/mol. The number of carbonyl (C=O) groups is 1. The third kappa shape index (κ3) is 1.68. The summed E-state index contributed by atoms with van der Waals surface area (Å²) in [5.41, 5.74) is 0.883. The second-order valence-corrected chi connectivity index (χ2v) is 4.38. The quantitative estimate of drug-likeness (QED) is 0.903.